The number of nitrogens with two attached hydrogens (primary N) is 1. The molecule has 2 rings (SSSR count). The van der Waals surface area contributed by atoms with Crippen LogP contribution >= 0.6 is 0 Å². The number of hydrogen-bond acceptors (Lipinski definition) is 4. The molecule has 88 valence electrons. The van der Waals surface area contributed by atoms with E-state index >= 15 is 0 Å². The van der Waals surface area contributed by atoms with Crippen LogP contribution in [0.25, 0.3) is 0 Å². The van der Waals surface area contributed by atoms with Crippen LogP contribution < -0.4 is 15.2 Å². The van der Waals surface area contributed by atoms with Crippen molar-refractivity contribution >= 4 is 5.69 Å². The van der Waals surface area contributed by atoms with Crippen LogP contribution in [-0.2, 0) is 0 Å². The summed E-state index contributed by atoms with van der Waals surface area (Å²) in [6.45, 7) is 1.85. The van der Waals surface area contributed by atoms with Crippen LogP contribution in [0.15, 0.2) is 18.2 Å². The van der Waals surface area contributed by atoms with Crippen LogP contribution in [0.4, 0.5) is 5.69 Å². The fraction of sp³-hybridized carbons (Fsp3) is 0.500. The van der Waals surface area contributed by atoms with E-state index in [1.165, 1.54) is 6.42 Å². The van der Waals surface area contributed by atoms with Gasteiger partial charge in [-0.2, -0.15) is 0 Å². The molecule has 1 aliphatic heterocycles. The number of nitrogens with zero attached hydrogens (tertiary/aromatic N) is 1. The Hall–Kier alpha value is -1.42. The first-order valence-corrected chi connectivity index (χ1v) is 5.47. The van der Waals surface area contributed by atoms with Gasteiger partial charge in [-0.05, 0) is 32.1 Å². The molecule has 0 spiro atoms. The zero-order valence-corrected chi connectivity index (χ0v) is 9.77. The first-order chi connectivity index (χ1) is 7.70. The van der Waals surface area contributed by atoms with Crippen molar-refractivity contribution in [1.29, 1.82) is 0 Å². The number of nitrogen functional groups attached to an aromatic ring is 1. The molecular formula is C12H18N2O2. The van der Waals surface area contributed by atoms with E-state index in [4.69, 9.17) is 15.2 Å². The third kappa shape index (κ3) is 2.22. The van der Waals surface area contributed by atoms with Crippen molar-refractivity contribution < 1.29 is 9.47 Å². The van der Waals surface area contributed by atoms with Crippen LogP contribution in [0.1, 0.15) is 6.42 Å². The Morgan fingerprint density at radius 3 is 2.81 bits per heavy atom. The van der Waals surface area contributed by atoms with Crippen LogP contribution in [0.5, 0.6) is 11.5 Å². The molecule has 1 unspecified atom stereocenters. The number of likely N-dealkylation sites (tertiary alicyclic amines) is 1. The maximum absolute atomic E-state index is 5.74. The summed E-state index contributed by atoms with van der Waals surface area (Å²) in [6.07, 6.45) is 1.20. The highest BCUT2D eigenvalue weighted by atomic mass is 16.5. The number of rotatable bonds is 4. The van der Waals surface area contributed by atoms with E-state index in [-0.39, 0.29) is 0 Å². The smallest absolute Gasteiger partial charge is 0.163 e. The largest absolute Gasteiger partial charge is 0.493 e. The second kappa shape index (κ2) is 4.61. The molecule has 1 aromatic carbocycles. The third-order valence-electron chi connectivity index (χ3n) is 3.06. The van der Waals surface area contributed by atoms with Gasteiger partial charge in [0, 0.05) is 17.8 Å². The van der Waals surface area contributed by atoms with Gasteiger partial charge in [-0.15, -0.1) is 0 Å². The maximum Gasteiger partial charge on any atom is 0.163 e. The lowest BCUT2D eigenvalue weighted by molar-refractivity contribution is 0.0757. The Kier molecular flexibility index (Phi) is 3.19. The van der Waals surface area contributed by atoms with Gasteiger partial charge in [-0.3, -0.25) is 4.90 Å². The molecule has 1 fully saturated rings. The van der Waals surface area contributed by atoms with Crippen molar-refractivity contribution in [3.63, 3.8) is 0 Å². The summed E-state index contributed by atoms with van der Waals surface area (Å²) in [5, 5.41) is 0. The lowest BCUT2D eigenvalue weighted by Gasteiger charge is -2.37. The summed E-state index contributed by atoms with van der Waals surface area (Å²) in [6, 6.07) is 5.96. The predicted octanol–water partition coefficient (Wildman–Crippen LogP) is 1.36. The molecule has 0 amide bonds. The summed E-state index contributed by atoms with van der Waals surface area (Å²) in [7, 11) is 3.74. The quantitative estimate of drug-likeness (QED) is 0.781. The molecule has 4 heteroatoms. The van der Waals surface area contributed by atoms with Crippen LogP contribution in [0.2, 0.25) is 0 Å². The molecule has 0 bridgehead atoms. The monoisotopic (exact) mass is 222 g/mol. The highest BCUT2D eigenvalue weighted by Gasteiger charge is 2.24. The normalized spacial score (nSPS) is 20.2. The molecule has 4 nitrogen and oxygen atoms in total. The Morgan fingerprint density at radius 1 is 1.44 bits per heavy atom. The highest BCUT2D eigenvalue weighted by molar-refractivity contribution is 5.51. The summed E-state index contributed by atoms with van der Waals surface area (Å²) in [5.74, 6) is 1.46. The molecule has 0 saturated carbocycles. The van der Waals surface area contributed by atoms with Crippen molar-refractivity contribution in [1.82, 2.24) is 4.90 Å². The first-order valence-electron chi connectivity index (χ1n) is 5.47. The molecule has 1 atom stereocenters. The minimum absolute atomic E-state index is 0.520. The van der Waals surface area contributed by atoms with Crippen LogP contribution in [0.3, 0.4) is 0 Å². The molecular weight excluding hydrogens is 204 g/mol. The molecule has 1 aromatic rings. The topological polar surface area (TPSA) is 47.7 Å². The predicted molar refractivity (Wildman–Crippen MR) is 63.9 cm³/mol. The maximum atomic E-state index is 5.74. The van der Waals surface area contributed by atoms with E-state index in [0.29, 0.717) is 18.3 Å². The molecule has 0 aromatic heterocycles. The van der Waals surface area contributed by atoms with Crippen molar-refractivity contribution in [2.75, 3.05) is 33.0 Å². The van der Waals surface area contributed by atoms with Gasteiger partial charge in [0.25, 0.3) is 0 Å². The van der Waals surface area contributed by atoms with E-state index in [2.05, 4.69) is 11.9 Å². The molecule has 2 N–H and O–H groups in total. The van der Waals surface area contributed by atoms with E-state index in [1.807, 2.05) is 6.07 Å². The van der Waals surface area contributed by atoms with Gasteiger partial charge in [-0.25, -0.2) is 0 Å². The number of benzene rings is 1. The lowest BCUT2D eigenvalue weighted by Crippen LogP contribution is -2.48. The molecule has 1 saturated heterocycles. The summed E-state index contributed by atoms with van der Waals surface area (Å²) < 4.78 is 11.0. The van der Waals surface area contributed by atoms with Gasteiger partial charge < -0.3 is 15.2 Å². The SMILES string of the molecule is COc1ccc(N)cc1OCC1CCN1C. The van der Waals surface area contributed by atoms with Crippen molar-refractivity contribution in [3.05, 3.63) is 18.2 Å². The Bertz CT molecular complexity index is 368. The highest BCUT2D eigenvalue weighted by Crippen LogP contribution is 2.29. The fourth-order valence-corrected chi connectivity index (χ4v) is 1.77. The number of methoxy groups -OCH3 is 1. The number of ether oxygens (including phenoxy) is 2. The fourth-order valence-electron chi connectivity index (χ4n) is 1.77. The third-order valence-corrected chi connectivity index (χ3v) is 3.06. The molecule has 16 heavy (non-hydrogen) atoms. The zero-order valence-electron chi connectivity index (χ0n) is 9.77. The van der Waals surface area contributed by atoms with Gasteiger partial charge in [0.1, 0.15) is 6.61 Å². The van der Waals surface area contributed by atoms with Gasteiger partial charge in [-0.1, -0.05) is 0 Å². The standard InChI is InChI=1S/C12H18N2O2/c1-14-6-5-10(14)8-16-12-7-9(13)3-4-11(12)15-2/h3-4,7,10H,5-6,8,13H2,1-2H3. The van der Waals surface area contributed by atoms with Crippen LogP contribution in [-0.4, -0.2) is 38.3 Å². The Labute approximate surface area is 95.9 Å². The van der Waals surface area contributed by atoms with Gasteiger partial charge in [0.2, 0.25) is 0 Å². The van der Waals surface area contributed by atoms with Gasteiger partial charge >= 0.3 is 0 Å². The van der Waals surface area contributed by atoms with E-state index in [0.717, 1.165) is 18.0 Å². The number of hydrogen-bond donors (Lipinski definition) is 1. The van der Waals surface area contributed by atoms with Crippen LogP contribution in [0, 0.1) is 0 Å². The first kappa shape index (κ1) is 11.1. The summed E-state index contributed by atoms with van der Waals surface area (Å²) in [5.41, 5.74) is 6.41. The average molecular weight is 222 g/mol. The van der Waals surface area contributed by atoms with Gasteiger partial charge in [0.15, 0.2) is 11.5 Å². The summed E-state index contributed by atoms with van der Waals surface area (Å²) >= 11 is 0. The van der Waals surface area contributed by atoms with Gasteiger partial charge in [0.05, 0.1) is 7.11 Å². The molecule has 1 aliphatic rings. The van der Waals surface area contributed by atoms with E-state index in [9.17, 15) is 0 Å². The average Bonchev–Trinajstić information content (AvgIpc) is 2.27. The molecule has 0 radical (unpaired) electrons. The lowest BCUT2D eigenvalue weighted by atomic mass is 10.1. The Balaban J connectivity index is 1.99. The van der Waals surface area contributed by atoms with Crippen molar-refractivity contribution in [2.24, 2.45) is 0 Å². The minimum atomic E-state index is 0.520. The number of anilines is 1. The molecule has 0 aliphatic carbocycles. The second-order valence-electron chi connectivity index (χ2n) is 4.14. The van der Waals surface area contributed by atoms with E-state index in [1.54, 1.807) is 19.2 Å². The van der Waals surface area contributed by atoms with E-state index < -0.39 is 0 Å². The Morgan fingerprint density at radius 2 is 2.25 bits per heavy atom. The zero-order chi connectivity index (χ0) is 11.5. The van der Waals surface area contributed by atoms with Crippen molar-refractivity contribution in [3.8, 4) is 11.5 Å². The number of likely N-dealkylation sites (N-methyl/N-ethyl adjacent to an activating group) is 1. The van der Waals surface area contributed by atoms with Crippen molar-refractivity contribution in [2.45, 2.75) is 12.5 Å². The minimum Gasteiger partial charge on any atom is -0.493 e. The summed E-state index contributed by atoms with van der Waals surface area (Å²) in [4.78, 5) is 2.28. The second-order valence-corrected chi connectivity index (χ2v) is 4.14. The molecule has 1 heterocycles.